The minimum absolute atomic E-state index is 0.0542. The maximum atomic E-state index is 11.9. The third-order valence-electron chi connectivity index (χ3n) is 4.04. The standard InChI is InChI=1S/C16H21NO4/c18-15(12-19-14-4-2-1-3-5-14)17-13-6-8-16(9-7-13)20-10-11-21-16/h1-5,13H,6-12H2,(H,17,18). The van der Waals surface area contributed by atoms with Gasteiger partial charge in [-0.05, 0) is 25.0 Å². The topological polar surface area (TPSA) is 56.8 Å². The van der Waals surface area contributed by atoms with E-state index >= 15 is 0 Å². The molecule has 1 aromatic carbocycles. The van der Waals surface area contributed by atoms with E-state index in [1.165, 1.54) is 0 Å². The first-order chi connectivity index (χ1) is 10.3. The van der Waals surface area contributed by atoms with Crippen molar-refractivity contribution in [3.05, 3.63) is 30.3 Å². The molecule has 1 saturated carbocycles. The van der Waals surface area contributed by atoms with Crippen molar-refractivity contribution >= 4 is 5.91 Å². The van der Waals surface area contributed by atoms with Crippen molar-refractivity contribution in [1.82, 2.24) is 5.32 Å². The molecule has 1 aromatic rings. The molecule has 0 bridgehead atoms. The van der Waals surface area contributed by atoms with Gasteiger partial charge in [0.25, 0.3) is 5.91 Å². The van der Waals surface area contributed by atoms with Crippen molar-refractivity contribution in [3.63, 3.8) is 0 Å². The summed E-state index contributed by atoms with van der Waals surface area (Å²) in [6.45, 7) is 1.42. The summed E-state index contributed by atoms with van der Waals surface area (Å²) in [6.07, 6.45) is 3.46. The zero-order valence-electron chi connectivity index (χ0n) is 12.0. The molecule has 1 aliphatic heterocycles. The quantitative estimate of drug-likeness (QED) is 0.920. The van der Waals surface area contributed by atoms with Crippen LogP contribution in [0.2, 0.25) is 0 Å². The van der Waals surface area contributed by atoms with Gasteiger partial charge in [0, 0.05) is 18.9 Å². The molecule has 1 heterocycles. The highest BCUT2D eigenvalue weighted by Crippen LogP contribution is 2.35. The second-order valence-corrected chi connectivity index (χ2v) is 5.55. The van der Waals surface area contributed by atoms with Gasteiger partial charge in [-0.2, -0.15) is 0 Å². The molecule has 0 unspecified atom stereocenters. The molecule has 5 nitrogen and oxygen atoms in total. The minimum Gasteiger partial charge on any atom is -0.484 e. The molecule has 5 heteroatoms. The second kappa shape index (κ2) is 6.45. The van der Waals surface area contributed by atoms with Gasteiger partial charge >= 0.3 is 0 Å². The Morgan fingerprint density at radius 1 is 1.19 bits per heavy atom. The van der Waals surface area contributed by atoms with Crippen LogP contribution in [0.1, 0.15) is 25.7 Å². The van der Waals surface area contributed by atoms with Crippen LogP contribution < -0.4 is 10.1 Å². The number of carbonyl (C=O) groups is 1. The Morgan fingerprint density at radius 2 is 1.86 bits per heavy atom. The van der Waals surface area contributed by atoms with Gasteiger partial charge in [0.15, 0.2) is 12.4 Å². The van der Waals surface area contributed by atoms with Crippen molar-refractivity contribution < 1.29 is 19.0 Å². The van der Waals surface area contributed by atoms with Crippen molar-refractivity contribution in [2.45, 2.75) is 37.5 Å². The zero-order chi connectivity index (χ0) is 14.5. The van der Waals surface area contributed by atoms with Crippen LogP contribution in [0.4, 0.5) is 0 Å². The van der Waals surface area contributed by atoms with Crippen LogP contribution in [0.3, 0.4) is 0 Å². The summed E-state index contributed by atoms with van der Waals surface area (Å²) in [7, 11) is 0. The number of ether oxygens (including phenoxy) is 3. The third kappa shape index (κ3) is 3.74. The van der Waals surface area contributed by atoms with Crippen LogP contribution in [0, 0.1) is 0 Å². The zero-order valence-corrected chi connectivity index (χ0v) is 12.0. The van der Waals surface area contributed by atoms with Crippen LogP contribution >= 0.6 is 0 Å². The second-order valence-electron chi connectivity index (χ2n) is 5.55. The molecule has 1 aliphatic carbocycles. The first-order valence-corrected chi connectivity index (χ1v) is 7.51. The van der Waals surface area contributed by atoms with Crippen LogP contribution in [0.25, 0.3) is 0 Å². The Bertz CT molecular complexity index is 460. The lowest BCUT2D eigenvalue weighted by Gasteiger charge is -2.35. The fourth-order valence-electron chi connectivity index (χ4n) is 2.92. The highest BCUT2D eigenvalue weighted by molar-refractivity contribution is 5.77. The first kappa shape index (κ1) is 14.4. The van der Waals surface area contributed by atoms with Crippen molar-refractivity contribution in [2.24, 2.45) is 0 Å². The Labute approximate surface area is 124 Å². The van der Waals surface area contributed by atoms with E-state index in [-0.39, 0.29) is 24.3 Å². The average Bonchev–Trinajstić information content (AvgIpc) is 2.97. The fourth-order valence-corrected chi connectivity index (χ4v) is 2.92. The molecule has 0 atom stereocenters. The lowest BCUT2D eigenvalue weighted by molar-refractivity contribution is -0.180. The SMILES string of the molecule is O=C(COc1ccccc1)NC1CCC2(CC1)OCCO2. The highest BCUT2D eigenvalue weighted by Gasteiger charge is 2.40. The Balaban J connectivity index is 1.40. The molecule has 21 heavy (non-hydrogen) atoms. The molecule has 1 N–H and O–H groups in total. The number of amides is 1. The largest absolute Gasteiger partial charge is 0.484 e. The molecule has 114 valence electrons. The van der Waals surface area contributed by atoms with Gasteiger partial charge in [0.1, 0.15) is 5.75 Å². The van der Waals surface area contributed by atoms with E-state index in [0.29, 0.717) is 19.0 Å². The van der Waals surface area contributed by atoms with Crippen LogP contribution in [0.5, 0.6) is 5.75 Å². The lowest BCUT2D eigenvalue weighted by Crippen LogP contribution is -2.45. The van der Waals surface area contributed by atoms with E-state index in [2.05, 4.69) is 5.32 Å². The molecular weight excluding hydrogens is 270 g/mol. The van der Waals surface area contributed by atoms with Gasteiger partial charge in [-0.25, -0.2) is 0 Å². The summed E-state index contributed by atoms with van der Waals surface area (Å²) in [6, 6.07) is 9.55. The van der Waals surface area contributed by atoms with Crippen molar-refractivity contribution in [2.75, 3.05) is 19.8 Å². The smallest absolute Gasteiger partial charge is 0.258 e. The van der Waals surface area contributed by atoms with E-state index < -0.39 is 0 Å². The maximum absolute atomic E-state index is 11.9. The van der Waals surface area contributed by atoms with Gasteiger partial charge in [0.2, 0.25) is 0 Å². The fraction of sp³-hybridized carbons (Fsp3) is 0.562. The number of para-hydroxylation sites is 1. The number of nitrogens with one attached hydrogen (secondary N) is 1. The normalized spacial score (nSPS) is 21.3. The summed E-state index contributed by atoms with van der Waals surface area (Å²) in [5.41, 5.74) is 0. The Kier molecular flexibility index (Phi) is 4.41. The predicted molar refractivity (Wildman–Crippen MR) is 77.0 cm³/mol. The molecule has 2 fully saturated rings. The summed E-state index contributed by atoms with van der Waals surface area (Å²) >= 11 is 0. The number of hydrogen-bond donors (Lipinski definition) is 1. The number of hydrogen-bond acceptors (Lipinski definition) is 4. The monoisotopic (exact) mass is 291 g/mol. The van der Waals surface area contributed by atoms with Gasteiger partial charge in [-0.3, -0.25) is 4.79 Å². The molecular formula is C16H21NO4. The van der Waals surface area contributed by atoms with Crippen LogP contribution in [0.15, 0.2) is 30.3 Å². The lowest BCUT2D eigenvalue weighted by atomic mass is 9.90. The summed E-state index contributed by atoms with van der Waals surface area (Å²) in [5.74, 6) is 0.262. The summed E-state index contributed by atoms with van der Waals surface area (Å²) in [5, 5.41) is 3.02. The molecule has 1 saturated heterocycles. The highest BCUT2D eigenvalue weighted by atomic mass is 16.7. The Hall–Kier alpha value is -1.59. The van der Waals surface area contributed by atoms with Gasteiger partial charge in [-0.1, -0.05) is 18.2 Å². The van der Waals surface area contributed by atoms with Crippen LogP contribution in [-0.2, 0) is 14.3 Å². The van der Waals surface area contributed by atoms with E-state index in [4.69, 9.17) is 14.2 Å². The third-order valence-corrected chi connectivity index (χ3v) is 4.04. The average molecular weight is 291 g/mol. The minimum atomic E-state index is -0.373. The summed E-state index contributed by atoms with van der Waals surface area (Å²) in [4.78, 5) is 11.9. The molecule has 2 aliphatic rings. The first-order valence-electron chi connectivity index (χ1n) is 7.51. The van der Waals surface area contributed by atoms with Gasteiger partial charge in [-0.15, -0.1) is 0 Å². The van der Waals surface area contributed by atoms with Crippen molar-refractivity contribution in [3.8, 4) is 5.75 Å². The van der Waals surface area contributed by atoms with Gasteiger partial charge in [0.05, 0.1) is 13.2 Å². The Morgan fingerprint density at radius 3 is 2.52 bits per heavy atom. The molecule has 3 rings (SSSR count). The van der Waals surface area contributed by atoms with E-state index in [0.717, 1.165) is 25.7 Å². The number of benzene rings is 1. The van der Waals surface area contributed by atoms with Crippen molar-refractivity contribution in [1.29, 1.82) is 0 Å². The maximum Gasteiger partial charge on any atom is 0.258 e. The predicted octanol–water partition coefficient (Wildman–Crippen LogP) is 1.87. The van der Waals surface area contributed by atoms with E-state index in [1.807, 2.05) is 30.3 Å². The number of rotatable bonds is 4. The molecule has 0 aromatic heterocycles. The van der Waals surface area contributed by atoms with Crippen LogP contribution in [-0.4, -0.2) is 37.6 Å². The van der Waals surface area contributed by atoms with E-state index in [9.17, 15) is 4.79 Å². The molecule has 1 amide bonds. The van der Waals surface area contributed by atoms with E-state index in [1.54, 1.807) is 0 Å². The molecule has 0 radical (unpaired) electrons. The number of carbonyl (C=O) groups excluding carboxylic acids is 1. The van der Waals surface area contributed by atoms with Gasteiger partial charge < -0.3 is 19.5 Å². The summed E-state index contributed by atoms with van der Waals surface area (Å²) < 4.78 is 16.8. The molecule has 1 spiro atoms.